The lowest BCUT2D eigenvalue weighted by molar-refractivity contribution is 0.0880. The van der Waals surface area contributed by atoms with Crippen molar-refractivity contribution in [2.24, 2.45) is 0 Å². The van der Waals surface area contributed by atoms with E-state index in [1.807, 2.05) is 0 Å². The Hall–Kier alpha value is -2.98. The molecule has 0 bridgehead atoms. The van der Waals surface area contributed by atoms with Crippen LogP contribution < -0.4 is 21.3 Å². The maximum atomic E-state index is 12.6. The van der Waals surface area contributed by atoms with E-state index < -0.39 is 27.4 Å². The Morgan fingerprint density at radius 3 is 2.42 bits per heavy atom. The number of nitrogens with two attached hydrogens (primary N) is 1. The summed E-state index contributed by atoms with van der Waals surface area (Å²) in [4.78, 5) is 36.1. The molecule has 4 N–H and O–H groups in total. The largest absolute Gasteiger partial charge is 0.384 e. The molecule has 2 heterocycles. The van der Waals surface area contributed by atoms with Gasteiger partial charge in [-0.1, -0.05) is 12.1 Å². The van der Waals surface area contributed by atoms with Crippen LogP contribution in [0.3, 0.4) is 0 Å². The van der Waals surface area contributed by atoms with E-state index >= 15 is 0 Å². The van der Waals surface area contributed by atoms with Gasteiger partial charge in [-0.25, -0.2) is 13.1 Å². The maximum Gasteiger partial charge on any atom is 0.262 e. The van der Waals surface area contributed by atoms with Crippen molar-refractivity contribution < 1.29 is 18.0 Å². The minimum absolute atomic E-state index is 0.0156. The molecule has 0 spiro atoms. The number of fused-ring (bicyclic) bond motifs is 1. The number of hydrogen-bond acceptors (Lipinski definition) is 6. The van der Waals surface area contributed by atoms with Crippen LogP contribution in [0.5, 0.6) is 0 Å². The Bertz CT molecular complexity index is 1100. The van der Waals surface area contributed by atoms with Gasteiger partial charge in [0.15, 0.2) is 0 Å². The van der Waals surface area contributed by atoms with Gasteiger partial charge in [-0.2, -0.15) is 0 Å². The molecule has 0 saturated heterocycles. The average Bonchev–Trinajstić information content (AvgIpc) is 2.80. The van der Waals surface area contributed by atoms with Gasteiger partial charge in [0, 0.05) is 12.1 Å². The summed E-state index contributed by atoms with van der Waals surface area (Å²) in [6.07, 6.45) is 0. The molecule has 0 saturated carbocycles. The lowest BCUT2D eigenvalue weighted by Crippen LogP contribution is -2.32. The van der Waals surface area contributed by atoms with Crippen molar-refractivity contribution in [1.29, 1.82) is 0 Å². The van der Waals surface area contributed by atoms with Crippen LogP contribution in [-0.2, 0) is 10.0 Å². The van der Waals surface area contributed by atoms with Crippen LogP contribution in [0.2, 0.25) is 0 Å². The topological polar surface area (TPSA) is 140 Å². The zero-order chi connectivity index (χ0) is 19.2. The molecule has 9 nitrogen and oxygen atoms in total. The Balaban J connectivity index is 2.31. The lowest BCUT2D eigenvalue weighted by atomic mass is 10.1. The van der Waals surface area contributed by atoms with E-state index in [-0.39, 0.29) is 33.6 Å². The van der Waals surface area contributed by atoms with Gasteiger partial charge in [-0.05, 0) is 26.0 Å². The van der Waals surface area contributed by atoms with Crippen LogP contribution in [0, 0.1) is 0 Å². The SMILES string of the molecule is CC(C)NS(=O)(=O)c1ccccc1-n1c(N)c2c(cc1=O)C(=O)NC2=O. The zero-order valence-corrected chi connectivity index (χ0v) is 14.8. The average molecular weight is 376 g/mol. The first-order chi connectivity index (χ1) is 12.1. The van der Waals surface area contributed by atoms with Crippen molar-refractivity contribution in [2.75, 3.05) is 5.73 Å². The van der Waals surface area contributed by atoms with Crippen LogP contribution in [0.15, 0.2) is 40.0 Å². The number of carbonyl (C=O) groups is 2. The molecule has 0 fully saturated rings. The van der Waals surface area contributed by atoms with E-state index in [9.17, 15) is 22.8 Å². The fourth-order valence-corrected chi connectivity index (χ4v) is 4.21. The summed E-state index contributed by atoms with van der Waals surface area (Å²) in [5, 5.41) is 2.06. The fraction of sp³-hybridized carbons (Fsp3) is 0.188. The van der Waals surface area contributed by atoms with E-state index in [2.05, 4.69) is 10.0 Å². The van der Waals surface area contributed by atoms with Gasteiger partial charge in [0.05, 0.1) is 16.8 Å². The summed E-state index contributed by atoms with van der Waals surface area (Å²) < 4.78 is 28.6. The molecule has 0 unspecified atom stereocenters. The summed E-state index contributed by atoms with van der Waals surface area (Å²) in [5.41, 5.74) is 4.94. The Morgan fingerprint density at radius 2 is 1.77 bits per heavy atom. The molecular formula is C16H16N4O5S. The highest BCUT2D eigenvalue weighted by Crippen LogP contribution is 2.26. The number of carbonyl (C=O) groups excluding carboxylic acids is 2. The summed E-state index contributed by atoms with van der Waals surface area (Å²) in [7, 11) is -3.94. The van der Waals surface area contributed by atoms with Crippen molar-refractivity contribution in [3.63, 3.8) is 0 Å². The number of anilines is 1. The Kier molecular flexibility index (Phi) is 4.17. The van der Waals surface area contributed by atoms with Crippen molar-refractivity contribution in [3.05, 3.63) is 51.8 Å². The molecule has 1 aliphatic heterocycles. The number of benzene rings is 1. The van der Waals surface area contributed by atoms with Gasteiger partial charge in [0.1, 0.15) is 10.7 Å². The minimum atomic E-state index is -3.94. The highest BCUT2D eigenvalue weighted by Gasteiger charge is 2.33. The molecule has 136 valence electrons. The third kappa shape index (κ3) is 2.78. The number of rotatable bonds is 4. The van der Waals surface area contributed by atoms with Crippen LogP contribution >= 0.6 is 0 Å². The number of imide groups is 1. The summed E-state index contributed by atoms with van der Waals surface area (Å²) in [6, 6.07) is 6.35. The molecule has 1 aromatic carbocycles. The van der Waals surface area contributed by atoms with Gasteiger partial charge in [0.25, 0.3) is 17.4 Å². The third-order valence-corrected chi connectivity index (χ3v) is 5.45. The quantitative estimate of drug-likeness (QED) is 0.641. The first kappa shape index (κ1) is 17.8. The van der Waals surface area contributed by atoms with E-state index in [0.29, 0.717) is 0 Å². The summed E-state index contributed by atoms with van der Waals surface area (Å²) in [6.45, 7) is 3.32. The first-order valence-corrected chi connectivity index (χ1v) is 9.14. The van der Waals surface area contributed by atoms with Gasteiger partial charge in [0.2, 0.25) is 10.0 Å². The van der Waals surface area contributed by atoms with Crippen LogP contribution in [0.4, 0.5) is 5.82 Å². The highest BCUT2D eigenvalue weighted by molar-refractivity contribution is 7.89. The van der Waals surface area contributed by atoms with E-state index in [1.54, 1.807) is 13.8 Å². The molecule has 1 aliphatic rings. The highest BCUT2D eigenvalue weighted by atomic mass is 32.2. The maximum absolute atomic E-state index is 12.6. The van der Waals surface area contributed by atoms with Crippen molar-refractivity contribution in [1.82, 2.24) is 14.6 Å². The molecule has 0 radical (unpaired) electrons. The van der Waals surface area contributed by atoms with Gasteiger partial charge in [-0.15, -0.1) is 0 Å². The summed E-state index contributed by atoms with van der Waals surface area (Å²) >= 11 is 0. The number of amides is 2. The van der Waals surface area contributed by atoms with Crippen molar-refractivity contribution in [3.8, 4) is 5.69 Å². The predicted octanol–water partition coefficient (Wildman–Crippen LogP) is -0.01000. The molecule has 26 heavy (non-hydrogen) atoms. The first-order valence-electron chi connectivity index (χ1n) is 7.66. The number of nitrogen functional groups attached to an aromatic ring is 1. The van der Waals surface area contributed by atoms with Crippen LogP contribution in [0.25, 0.3) is 5.69 Å². The molecule has 1 aromatic heterocycles. The predicted molar refractivity (Wildman–Crippen MR) is 93.7 cm³/mol. The number of para-hydroxylation sites is 1. The van der Waals surface area contributed by atoms with Crippen LogP contribution in [0.1, 0.15) is 34.6 Å². The van der Waals surface area contributed by atoms with Crippen molar-refractivity contribution in [2.45, 2.75) is 24.8 Å². The minimum Gasteiger partial charge on any atom is -0.384 e. The normalized spacial score (nSPS) is 13.8. The second-order valence-corrected chi connectivity index (χ2v) is 7.70. The fourth-order valence-electron chi connectivity index (χ4n) is 2.77. The van der Waals surface area contributed by atoms with Gasteiger partial charge >= 0.3 is 0 Å². The second-order valence-electron chi connectivity index (χ2n) is 6.02. The number of pyridine rings is 1. The molecule has 2 aromatic rings. The van der Waals surface area contributed by atoms with Crippen LogP contribution in [-0.4, -0.2) is 30.8 Å². The molecule has 3 rings (SSSR count). The molecule has 0 atom stereocenters. The second kappa shape index (κ2) is 6.07. The molecular weight excluding hydrogens is 360 g/mol. The standard InChI is InChI=1S/C16H16N4O5S/c1-8(2)19-26(24,25)11-6-4-3-5-10(11)20-12(21)7-9-13(14(20)17)16(23)18-15(9)22/h3-8,19H,17H2,1-2H3,(H,18,22,23). The Labute approximate surface area is 148 Å². The van der Waals surface area contributed by atoms with E-state index in [4.69, 9.17) is 5.73 Å². The Morgan fingerprint density at radius 1 is 1.12 bits per heavy atom. The van der Waals surface area contributed by atoms with Crippen molar-refractivity contribution >= 4 is 27.7 Å². The number of nitrogens with one attached hydrogen (secondary N) is 2. The molecule has 10 heteroatoms. The molecule has 2 amide bonds. The number of sulfonamides is 1. The number of nitrogens with zero attached hydrogens (tertiary/aromatic N) is 1. The third-order valence-electron chi connectivity index (χ3n) is 3.74. The van der Waals surface area contributed by atoms with E-state index in [1.165, 1.54) is 24.3 Å². The smallest absolute Gasteiger partial charge is 0.262 e. The van der Waals surface area contributed by atoms with E-state index in [0.717, 1.165) is 10.6 Å². The van der Waals surface area contributed by atoms with Gasteiger partial charge in [-0.3, -0.25) is 24.3 Å². The van der Waals surface area contributed by atoms with Gasteiger partial charge < -0.3 is 5.73 Å². The monoisotopic (exact) mass is 376 g/mol. The zero-order valence-electron chi connectivity index (χ0n) is 13.9. The molecule has 0 aliphatic carbocycles. The number of aromatic nitrogens is 1. The number of hydrogen-bond donors (Lipinski definition) is 3. The summed E-state index contributed by atoms with van der Waals surface area (Å²) in [5.74, 6) is -1.76. The lowest BCUT2D eigenvalue weighted by Gasteiger charge is -2.17.